The number of aliphatic hydroxyl groups excluding tert-OH is 2. The number of aliphatic hydroxyl groups is 2. The number of rotatable bonds is 10. The molecule has 55 heavy (non-hydrogen) atoms. The summed E-state index contributed by atoms with van der Waals surface area (Å²) in [7, 11) is 0. The lowest BCUT2D eigenvalue weighted by atomic mass is 10.1. The second-order valence-electron chi connectivity index (χ2n) is 11.7. The lowest BCUT2D eigenvalue weighted by Crippen LogP contribution is -2.35. The first kappa shape index (κ1) is 40.0. The maximum atomic E-state index is 14.6. The second kappa shape index (κ2) is 17.8. The topological polar surface area (TPSA) is 158 Å². The van der Waals surface area contributed by atoms with Gasteiger partial charge in [0.25, 0.3) is 11.8 Å². The standard InChI is InChI=1S/C19H16F3IN4O2.C16H12F3IN4O2/c20-13-3-2-12(17(16(13)22)24-15-4-1-10(23)9-14(15)21)18-25-26-19(29-18)27-7-5-11(28)6-8-27;17-10-3-2-9(15-23-24-16(26-15)21-5-6-25)14(13(10)19)22-12-4-1-8(20)7-11(12)18/h1-4,9,11,24,28H,5-8H2;1-4,7,22,25H,5-6H2,(H,21,24). The molecule has 20 heteroatoms. The normalized spacial score (nSPS) is 13.0. The van der Waals surface area contributed by atoms with Gasteiger partial charge in [0.15, 0.2) is 23.3 Å². The summed E-state index contributed by atoms with van der Waals surface area (Å²) >= 11 is 3.89. The van der Waals surface area contributed by atoms with Gasteiger partial charge < -0.3 is 39.9 Å². The molecular formula is C35H28F6I2N8O4. The highest BCUT2D eigenvalue weighted by atomic mass is 127. The van der Waals surface area contributed by atoms with Gasteiger partial charge >= 0.3 is 12.0 Å². The van der Waals surface area contributed by atoms with Crippen LogP contribution in [0.15, 0.2) is 69.5 Å². The van der Waals surface area contributed by atoms with Crippen molar-refractivity contribution in [2.24, 2.45) is 0 Å². The van der Waals surface area contributed by atoms with Crippen LogP contribution in [0.3, 0.4) is 0 Å². The minimum atomic E-state index is -1.21. The summed E-state index contributed by atoms with van der Waals surface area (Å²) in [4.78, 5) is 1.81. The lowest BCUT2D eigenvalue weighted by molar-refractivity contribution is 0.144. The van der Waals surface area contributed by atoms with Crippen molar-refractivity contribution in [3.8, 4) is 22.9 Å². The molecule has 12 nitrogen and oxygen atoms in total. The third kappa shape index (κ3) is 9.59. The Balaban J connectivity index is 0.000000188. The van der Waals surface area contributed by atoms with Gasteiger partial charge in [0, 0.05) is 26.8 Å². The number of anilines is 6. The van der Waals surface area contributed by atoms with Crippen molar-refractivity contribution in [1.29, 1.82) is 0 Å². The van der Waals surface area contributed by atoms with E-state index >= 15 is 0 Å². The SMILES string of the molecule is OC1CCN(c2nnc(-c3ccc(F)c(F)c3Nc3ccc(I)cc3F)o2)CC1.OCCNc1nnc(-c2ccc(F)c(F)c2Nc2ccc(I)cc2F)o1. The number of benzene rings is 4. The van der Waals surface area contributed by atoms with Gasteiger partial charge in [0.05, 0.1) is 46.6 Å². The molecule has 1 saturated heterocycles. The van der Waals surface area contributed by atoms with Gasteiger partial charge in [-0.1, -0.05) is 10.2 Å². The predicted octanol–water partition coefficient (Wildman–Crippen LogP) is 8.37. The highest BCUT2D eigenvalue weighted by Crippen LogP contribution is 2.37. The third-order valence-electron chi connectivity index (χ3n) is 7.99. The summed E-state index contributed by atoms with van der Waals surface area (Å²) in [6.07, 6.45) is 0.781. The molecule has 0 amide bonds. The molecule has 1 fully saturated rings. The van der Waals surface area contributed by atoms with E-state index in [0.717, 1.165) is 12.1 Å². The van der Waals surface area contributed by atoms with Crippen LogP contribution >= 0.6 is 45.2 Å². The molecule has 0 aliphatic carbocycles. The molecule has 6 aromatic rings. The van der Waals surface area contributed by atoms with Crippen molar-refractivity contribution >= 4 is 80.0 Å². The van der Waals surface area contributed by atoms with E-state index in [1.807, 2.05) is 50.1 Å². The maximum Gasteiger partial charge on any atom is 0.318 e. The van der Waals surface area contributed by atoms with E-state index in [2.05, 4.69) is 36.3 Å². The van der Waals surface area contributed by atoms with Gasteiger partial charge in [0.2, 0.25) is 0 Å². The van der Waals surface area contributed by atoms with Crippen molar-refractivity contribution in [3.05, 3.63) is 103 Å². The average molecular weight is 992 g/mol. The second-order valence-corrected chi connectivity index (χ2v) is 14.2. The molecule has 3 heterocycles. The molecule has 0 bridgehead atoms. The molecule has 288 valence electrons. The van der Waals surface area contributed by atoms with Crippen LogP contribution in [0.25, 0.3) is 22.9 Å². The first-order valence-corrected chi connectivity index (χ1v) is 18.4. The number of aromatic nitrogens is 4. The lowest BCUT2D eigenvalue weighted by Gasteiger charge is -2.27. The molecule has 2 aromatic heterocycles. The van der Waals surface area contributed by atoms with Crippen LogP contribution in [0.1, 0.15) is 12.8 Å². The predicted molar refractivity (Wildman–Crippen MR) is 207 cm³/mol. The molecule has 0 unspecified atom stereocenters. The van der Waals surface area contributed by atoms with Crippen LogP contribution in [0.2, 0.25) is 0 Å². The Hall–Kier alpha value is -4.68. The third-order valence-corrected chi connectivity index (χ3v) is 9.34. The molecule has 0 atom stereocenters. The Labute approximate surface area is 335 Å². The Morgan fingerprint density at radius 1 is 0.673 bits per heavy atom. The van der Waals surface area contributed by atoms with Crippen LogP contribution in [0.4, 0.5) is 61.1 Å². The zero-order valence-corrected chi connectivity index (χ0v) is 32.4. The highest BCUT2D eigenvalue weighted by Gasteiger charge is 2.25. The summed E-state index contributed by atoms with van der Waals surface area (Å²) in [6.45, 7) is 1.11. The fourth-order valence-corrected chi connectivity index (χ4v) is 6.14. The zero-order chi connectivity index (χ0) is 39.2. The van der Waals surface area contributed by atoms with Crippen molar-refractivity contribution in [2.75, 3.05) is 47.1 Å². The Kier molecular flexibility index (Phi) is 13.0. The summed E-state index contributed by atoms with van der Waals surface area (Å²) in [5.74, 6) is -5.94. The van der Waals surface area contributed by atoms with Gasteiger partial charge in [-0.3, -0.25) is 0 Å². The Morgan fingerprint density at radius 2 is 1.18 bits per heavy atom. The van der Waals surface area contributed by atoms with Gasteiger partial charge in [-0.15, -0.1) is 10.2 Å². The van der Waals surface area contributed by atoms with E-state index in [1.54, 1.807) is 12.1 Å². The smallest absolute Gasteiger partial charge is 0.318 e. The van der Waals surface area contributed by atoms with Gasteiger partial charge in [-0.25, -0.2) is 26.3 Å². The van der Waals surface area contributed by atoms with Crippen molar-refractivity contribution in [1.82, 2.24) is 20.4 Å². The van der Waals surface area contributed by atoms with E-state index in [4.69, 9.17) is 13.9 Å². The van der Waals surface area contributed by atoms with E-state index < -0.39 is 34.9 Å². The molecule has 7 rings (SSSR count). The number of piperidine rings is 1. The number of halogens is 8. The zero-order valence-electron chi connectivity index (χ0n) is 28.1. The van der Waals surface area contributed by atoms with E-state index in [-0.39, 0.29) is 76.9 Å². The number of nitrogens with zero attached hydrogens (tertiary/aromatic N) is 5. The fraction of sp³-hybridized carbons (Fsp3) is 0.200. The molecule has 5 N–H and O–H groups in total. The van der Waals surface area contributed by atoms with E-state index in [1.165, 1.54) is 36.4 Å². The Bertz CT molecular complexity index is 2290. The van der Waals surface area contributed by atoms with E-state index in [9.17, 15) is 31.4 Å². The van der Waals surface area contributed by atoms with Gasteiger partial charge in [0.1, 0.15) is 11.6 Å². The maximum absolute atomic E-state index is 14.6. The summed E-state index contributed by atoms with van der Waals surface area (Å²) < 4.78 is 97.1. The molecule has 0 saturated carbocycles. The number of nitrogens with one attached hydrogen (secondary N) is 3. The van der Waals surface area contributed by atoms with Crippen molar-refractivity contribution in [3.63, 3.8) is 0 Å². The largest absolute Gasteiger partial charge is 0.403 e. The highest BCUT2D eigenvalue weighted by molar-refractivity contribution is 14.1. The summed E-state index contributed by atoms with van der Waals surface area (Å²) in [5.41, 5.74) is -0.504. The van der Waals surface area contributed by atoms with Crippen LogP contribution in [-0.2, 0) is 0 Å². The fourth-order valence-electron chi connectivity index (χ4n) is 5.23. The molecule has 1 aliphatic rings. The molecule has 4 aromatic carbocycles. The Morgan fingerprint density at radius 3 is 1.69 bits per heavy atom. The van der Waals surface area contributed by atoms with Crippen LogP contribution < -0.4 is 20.9 Å². The van der Waals surface area contributed by atoms with Crippen molar-refractivity contribution in [2.45, 2.75) is 18.9 Å². The summed E-state index contributed by atoms with van der Waals surface area (Å²) in [5, 5.41) is 41.6. The molecule has 0 spiro atoms. The molecular weight excluding hydrogens is 964 g/mol. The first-order valence-electron chi connectivity index (χ1n) is 16.3. The minimum absolute atomic E-state index is 0.00479. The van der Waals surface area contributed by atoms with Gasteiger partial charge in [-0.05, 0) is 119 Å². The van der Waals surface area contributed by atoms with E-state index in [0.29, 0.717) is 33.1 Å². The average Bonchev–Trinajstić information content (AvgIpc) is 3.85. The molecule has 0 radical (unpaired) electrons. The van der Waals surface area contributed by atoms with Crippen LogP contribution in [0, 0.1) is 42.0 Å². The first-order chi connectivity index (χ1) is 26.4. The van der Waals surface area contributed by atoms with Gasteiger partial charge in [-0.2, -0.15) is 0 Å². The quantitative estimate of drug-likeness (QED) is 0.0661. The monoisotopic (exact) mass is 992 g/mol. The van der Waals surface area contributed by atoms with Crippen LogP contribution in [-0.4, -0.2) is 63.0 Å². The number of hydrogen-bond acceptors (Lipinski definition) is 12. The summed E-state index contributed by atoms with van der Waals surface area (Å²) in [6, 6.07) is 13.2. The number of hydrogen-bond donors (Lipinski definition) is 5. The molecule has 1 aliphatic heterocycles. The van der Waals surface area contributed by atoms with Crippen molar-refractivity contribution < 1.29 is 45.4 Å². The van der Waals surface area contributed by atoms with Crippen LogP contribution in [0.5, 0.6) is 0 Å². The minimum Gasteiger partial charge on any atom is -0.403 e.